The van der Waals surface area contributed by atoms with Gasteiger partial charge < -0.3 is 19.5 Å². The van der Waals surface area contributed by atoms with E-state index in [1.54, 1.807) is 7.11 Å². The van der Waals surface area contributed by atoms with Crippen molar-refractivity contribution in [1.29, 1.82) is 0 Å². The number of methoxy groups -OCH3 is 1. The summed E-state index contributed by atoms with van der Waals surface area (Å²) in [5, 5.41) is 2.81. The van der Waals surface area contributed by atoms with Crippen molar-refractivity contribution in [3.05, 3.63) is 24.3 Å². The lowest BCUT2D eigenvalue weighted by Gasteiger charge is -2.09. The van der Waals surface area contributed by atoms with Gasteiger partial charge in [-0.2, -0.15) is 0 Å². The molecule has 5 nitrogen and oxygen atoms in total. The van der Waals surface area contributed by atoms with Gasteiger partial charge in [-0.1, -0.05) is 0 Å². The molecule has 112 valence electrons. The Kier molecular flexibility index (Phi) is 7.69. The largest absolute Gasteiger partial charge is 0.491 e. The first-order valence-corrected chi connectivity index (χ1v) is 6.75. The van der Waals surface area contributed by atoms with Gasteiger partial charge in [-0.25, -0.2) is 0 Å². The standard InChI is InChI=1S/C15H23NO4/c1-12(2)19-9-8-15(17)16-13-4-6-14(7-5-13)20-11-10-18-3/h4-7,12H,8-11H2,1-3H3,(H,16,17). The molecule has 0 unspecified atom stereocenters. The van der Waals surface area contributed by atoms with E-state index in [4.69, 9.17) is 14.2 Å². The van der Waals surface area contributed by atoms with Gasteiger partial charge >= 0.3 is 0 Å². The van der Waals surface area contributed by atoms with Gasteiger partial charge in [0, 0.05) is 12.8 Å². The van der Waals surface area contributed by atoms with E-state index in [-0.39, 0.29) is 12.0 Å². The molecule has 0 bridgehead atoms. The van der Waals surface area contributed by atoms with Crippen LogP contribution in [0, 0.1) is 0 Å². The van der Waals surface area contributed by atoms with Gasteiger partial charge in [0.25, 0.3) is 0 Å². The highest BCUT2D eigenvalue weighted by Crippen LogP contribution is 2.15. The minimum absolute atomic E-state index is 0.0568. The van der Waals surface area contributed by atoms with Crippen molar-refractivity contribution in [2.24, 2.45) is 0 Å². The molecule has 0 aliphatic heterocycles. The van der Waals surface area contributed by atoms with Crippen molar-refractivity contribution in [2.75, 3.05) is 32.2 Å². The molecule has 0 aliphatic carbocycles. The van der Waals surface area contributed by atoms with Crippen LogP contribution in [0.3, 0.4) is 0 Å². The van der Waals surface area contributed by atoms with E-state index in [9.17, 15) is 4.79 Å². The number of amides is 1. The summed E-state index contributed by atoms with van der Waals surface area (Å²) >= 11 is 0. The van der Waals surface area contributed by atoms with Gasteiger partial charge in [-0.3, -0.25) is 4.79 Å². The first-order valence-electron chi connectivity index (χ1n) is 6.75. The molecular formula is C15H23NO4. The Balaban J connectivity index is 2.31. The lowest BCUT2D eigenvalue weighted by molar-refractivity contribution is -0.117. The van der Waals surface area contributed by atoms with Gasteiger partial charge in [0.1, 0.15) is 12.4 Å². The van der Waals surface area contributed by atoms with Crippen LogP contribution in [0.1, 0.15) is 20.3 Å². The van der Waals surface area contributed by atoms with Gasteiger partial charge in [0.05, 0.1) is 25.7 Å². The number of hydrogen-bond donors (Lipinski definition) is 1. The summed E-state index contributed by atoms with van der Waals surface area (Å²) in [5.74, 6) is 0.696. The second-order valence-corrected chi connectivity index (χ2v) is 4.58. The smallest absolute Gasteiger partial charge is 0.226 e. The van der Waals surface area contributed by atoms with Crippen LogP contribution in [0.2, 0.25) is 0 Å². The third-order valence-electron chi connectivity index (χ3n) is 2.47. The lowest BCUT2D eigenvalue weighted by atomic mass is 10.3. The van der Waals surface area contributed by atoms with Crippen LogP contribution in [0.25, 0.3) is 0 Å². The second-order valence-electron chi connectivity index (χ2n) is 4.58. The number of nitrogens with one attached hydrogen (secondary N) is 1. The van der Waals surface area contributed by atoms with Crippen molar-refractivity contribution < 1.29 is 19.0 Å². The predicted molar refractivity (Wildman–Crippen MR) is 78.1 cm³/mol. The van der Waals surface area contributed by atoms with Crippen LogP contribution in [-0.4, -0.2) is 38.9 Å². The topological polar surface area (TPSA) is 56.8 Å². The average molecular weight is 281 g/mol. The van der Waals surface area contributed by atoms with E-state index in [0.29, 0.717) is 26.2 Å². The Hall–Kier alpha value is -1.59. The summed E-state index contributed by atoms with van der Waals surface area (Å²) in [6, 6.07) is 7.25. The fourth-order valence-corrected chi connectivity index (χ4v) is 1.49. The lowest BCUT2D eigenvalue weighted by Crippen LogP contribution is -2.15. The van der Waals surface area contributed by atoms with Crippen LogP contribution in [0.4, 0.5) is 5.69 Å². The summed E-state index contributed by atoms with van der Waals surface area (Å²) in [7, 11) is 1.63. The van der Waals surface area contributed by atoms with Crippen LogP contribution < -0.4 is 10.1 Å². The first-order chi connectivity index (χ1) is 9.61. The van der Waals surface area contributed by atoms with E-state index in [0.717, 1.165) is 11.4 Å². The highest BCUT2D eigenvalue weighted by atomic mass is 16.5. The zero-order valence-corrected chi connectivity index (χ0v) is 12.3. The monoisotopic (exact) mass is 281 g/mol. The molecule has 0 spiro atoms. The number of anilines is 1. The number of hydrogen-bond acceptors (Lipinski definition) is 4. The maximum Gasteiger partial charge on any atom is 0.226 e. The molecule has 0 atom stereocenters. The SMILES string of the molecule is COCCOc1ccc(NC(=O)CCOC(C)C)cc1. The van der Waals surface area contributed by atoms with Crippen molar-refractivity contribution in [2.45, 2.75) is 26.4 Å². The maximum atomic E-state index is 11.7. The fourth-order valence-electron chi connectivity index (χ4n) is 1.49. The van der Waals surface area contributed by atoms with Crippen molar-refractivity contribution in [3.8, 4) is 5.75 Å². The third-order valence-corrected chi connectivity index (χ3v) is 2.47. The normalized spacial score (nSPS) is 10.6. The number of benzene rings is 1. The van der Waals surface area contributed by atoms with Crippen LogP contribution in [-0.2, 0) is 14.3 Å². The van der Waals surface area contributed by atoms with Crippen molar-refractivity contribution >= 4 is 11.6 Å². The summed E-state index contributed by atoms with van der Waals surface area (Å²) in [5.41, 5.74) is 0.749. The van der Waals surface area contributed by atoms with Crippen LogP contribution in [0.5, 0.6) is 5.75 Å². The molecule has 20 heavy (non-hydrogen) atoms. The molecule has 1 aromatic rings. The number of rotatable bonds is 9. The molecule has 0 saturated heterocycles. The van der Waals surface area contributed by atoms with Crippen LogP contribution in [0.15, 0.2) is 24.3 Å². The summed E-state index contributed by atoms with van der Waals surface area (Å²) < 4.78 is 15.7. The van der Waals surface area contributed by atoms with E-state index in [2.05, 4.69) is 5.32 Å². The molecule has 0 heterocycles. The van der Waals surface area contributed by atoms with E-state index in [1.807, 2.05) is 38.1 Å². The molecule has 0 radical (unpaired) electrons. The first kappa shape index (κ1) is 16.5. The van der Waals surface area contributed by atoms with Gasteiger partial charge in [0.2, 0.25) is 5.91 Å². The Morgan fingerprint density at radius 1 is 1.15 bits per heavy atom. The van der Waals surface area contributed by atoms with Gasteiger partial charge in [-0.05, 0) is 38.1 Å². The molecule has 1 aromatic carbocycles. The summed E-state index contributed by atoms with van der Waals surface area (Å²) in [6.45, 7) is 5.38. The summed E-state index contributed by atoms with van der Waals surface area (Å²) in [6.07, 6.45) is 0.496. The van der Waals surface area contributed by atoms with Gasteiger partial charge in [-0.15, -0.1) is 0 Å². The molecule has 1 N–H and O–H groups in total. The average Bonchev–Trinajstić information content (AvgIpc) is 2.40. The number of carbonyl (C=O) groups is 1. The highest BCUT2D eigenvalue weighted by Gasteiger charge is 2.03. The Morgan fingerprint density at radius 2 is 1.85 bits per heavy atom. The van der Waals surface area contributed by atoms with Gasteiger partial charge in [0.15, 0.2) is 0 Å². The van der Waals surface area contributed by atoms with Crippen LogP contribution >= 0.6 is 0 Å². The predicted octanol–water partition coefficient (Wildman–Crippen LogP) is 2.47. The molecule has 0 aromatic heterocycles. The van der Waals surface area contributed by atoms with Crippen molar-refractivity contribution in [3.63, 3.8) is 0 Å². The fraction of sp³-hybridized carbons (Fsp3) is 0.533. The zero-order chi connectivity index (χ0) is 14.8. The molecule has 1 amide bonds. The molecule has 0 aliphatic rings. The quantitative estimate of drug-likeness (QED) is 0.706. The van der Waals surface area contributed by atoms with E-state index >= 15 is 0 Å². The molecule has 0 saturated carbocycles. The minimum atomic E-state index is -0.0568. The van der Waals surface area contributed by atoms with E-state index < -0.39 is 0 Å². The Labute approximate surface area is 120 Å². The molecule has 5 heteroatoms. The zero-order valence-electron chi connectivity index (χ0n) is 12.3. The second kappa shape index (κ2) is 9.34. The number of ether oxygens (including phenoxy) is 3. The molecule has 1 rings (SSSR count). The Morgan fingerprint density at radius 3 is 2.45 bits per heavy atom. The third kappa shape index (κ3) is 7.11. The molecule has 0 fully saturated rings. The maximum absolute atomic E-state index is 11.7. The van der Waals surface area contributed by atoms with E-state index in [1.165, 1.54) is 0 Å². The molecular weight excluding hydrogens is 258 g/mol. The minimum Gasteiger partial charge on any atom is -0.491 e. The Bertz CT molecular complexity index is 389. The highest BCUT2D eigenvalue weighted by molar-refractivity contribution is 5.90. The number of carbonyl (C=O) groups excluding carboxylic acids is 1. The summed E-state index contributed by atoms with van der Waals surface area (Å²) in [4.78, 5) is 11.7. The van der Waals surface area contributed by atoms with Crippen molar-refractivity contribution in [1.82, 2.24) is 0 Å².